The number of fused-ring (bicyclic) bond motifs is 1. The Morgan fingerprint density at radius 1 is 1.07 bits per heavy atom. The number of esters is 1. The van der Waals surface area contributed by atoms with Crippen LogP contribution in [-0.2, 0) is 14.3 Å². The van der Waals surface area contributed by atoms with E-state index in [-0.39, 0.29) is 5.91 Å². The van der Waals surface area contributed by atoms with Crippen molar-refractivity contribution >= 4 is 29.2 Å². The van der Waals surface area contributed by atoms with Crippen LogP contribution in [0, 0.1) is 20.8 Å². The normalized spacial score (nSPS) is 14.9. The number of nitrogens with zero attached hydrogens (tertiary/aromatic N) is 1. The molecule has 1 aliphatic rings. The van der Waals surface area contributed by atoms with Crippen molar-refractivity contribution in [2.24, 2.45) is 0 Å². The molecule has 2 aromatic rings. The van der Waals surface area contributed by atoms with Gasteiger partial charge in [-0.3, -0.25) is 14.5 Å². The van der Waals surface area contributed by atoms with Gasteiger partial charge in [-0.05, 0) is 57.9 Å². The van der Waals surface area contributed by atoms with Crippen molar-refractivity contribution in [2.75, 3.05) is 16.8 Å². The molecule has 6 nitrogen and oxygen atoms in total. The first-order valence-electron chi connectivity index (χ1n) is 9.11. The van der Waals surface area contributed by atoms with E-state index in [9.17, 15) is 14.4 Å². The Hall–Kier alpha value is -3.15. The van der Waals surface area contributed by atoms with E-state index in [4.69, 9.17) is 4.74 Å². The number of rotatable bonds is 3. The standard InChI is InChI=1S/C22H24N2O4/c1-13-10-14(2)19(15(3)11-13)20(26)28-12-18(25)24-17-9-7-6-8-16(17)23-21(27)22(24,4)5/h6-11H,12H2,1-5H3,(H,23,27). The summed E-state index contributed by atoms with van der Waals surface area (Å²) >= 11 is 0. The number of ether oxygens (including phenoxy) is 1. The Morgan fingerprint density at radius 3 is 2.32 bits per heavy atom. The van der Waals surface area contributed by atoms with Crippen LogP contribution < -0.4 is 10.2 Å². The van der Waals surface area contributed by atoms with Crippen LogP contribution in [0.2, 0.25) is 0 Å². The van der Waals surface area contributed by atoms with Crippen molar-refractivity contribution in [3.05, 3.63) is 58.7 Å². The highest BCUT2D eigenvalue weighted by atomic mass is 16.5. The van der Waals surface area contributed by atoms with Crippen LogP contribution in [0.4, 0.5) is 11.4 Å². The molecule has 28 heavy (non-hydrogen) atoms. The molecule has 6 heteroatoms. The summed E-state index contributed by atoms with van der Waals surface area (Å²) in [7, 11) is 0. The van der Waals surface area contributed by atoms with Crippen molar-refractivity contribution in [1.82, 2.24) is 0 Å². The van der Waals surface area contributed by atoms with Gasteiger partial charge in [0.15, 0.2) is 6.61 Å². The van der Waals surface area contributed by atoms with Crippen molar-refractivity contribution in [3.8, 4) is 0 Å². The number of anilines is 2. The summed E-state index contributed by atoms with van der Waals surface area (Å²) in [6.07, 6.45) is 0. The summed E-state index contributed by atoms with van der Waals surface area (Å²) in [4.78, 5) is 39.4. The fourth-order valence-electron chi connectivity index (χ4n) is 3.66. The Morgan fingerprint density at radius 2 is 1.68 bits per heavy atom. The van der Waals surface area contributed by atoms with Gasteiger partial charge in [0.25, 0.3) is 5.91 Å². The highest BCUT2D eigenvalue weighted by Gasteiger charge is 2.43. The van der Waals surface area contributed by atoms with Gasteiger partial charge in [-0.1, -0.05) is 29.8 Å². The molecule has 0 bridgehead atoms. The third kappa shape index (κ3) is 3.38. The molecule has 0 radical (unpaired) electrons. The molecule has 146 valence electrons. The number of hydrogen-bond donors (Lipinski definition) is 1. The first kappa shape index (κ1) is 19.6. The van der Waals surface area contributed by atoms with Crippen LogP contribution in [0.3, 0.4) is 0 Å². The molecule has 1 heterocycles. The van der Waals surface area contributed by atoms with Gasteiger partial charge < -0.3 is 10.1 Å². The van der Waals surface area contributed by atoms with E-state index in [2.05, 4.69) is 5.32 Å². The number of carbonyl (C=O) groups is 3. The van der Waals surface area contributed by atoms with Gasteiger partial charge in [-0.25, -0.2) is 4.79 Å². The van der Waals surface area contributed by atoms with E-state index >= 15 is 0 Å². The molecular weight excluding hydrogens is 356 g/mol. The van der Waals surface area contributed by atoms with Crippen LogP contribution in [0.1, 0.15) is 40.9 Å². The van der Waals surface area contributed by atoms with Gasteiger partial charge in [0, 0.05) is 0 Å². The number of hydrogen-bond acceptors (Lipinski definition) is 4. The lowest BCUT2D eigenvalue weighted by Crippen LogP contribution is -2.59. The fourth-order valence-corrected chi connectivity index (χ4v) is 3.66. The predicted molar refractivity (Wildman–Crippen MR) is 108 cm³/mol. The molecule has 0 atom stereocenters. The predicted octanol–water partition coefficient (Wildman–Crippen LogP) is 3.53. The zero-order valence-corrected chi connectivity index (χ0v) is 16.8. The van der Waals surface area contributed by atoms with Crippen molar-refractivity contribution in [2.45, 2.75) is 40.2 Å². The second kappa shape index (κ2) is 7.11. The van der Waals surface area contributed by atoms with Crippen molar-refractivity contribution < 1.29 is 19.1 Å². The quantitative estimate of drug-likeness (QED) is 0.827. The molecular formula is C22H24N2O4. The van der Waals surface area contributed by atoms with Crippen LogP contribution in [0.15, 0.2) is 36.4 Å². The summed E-state index contributed by atoms with van der Waals surface area (Å²) in [5.41, 5.74) is 3.16. The van der Waals surface area contributed by atoms with E-state index in [0.717, 1.165) is 16.7 Å². The minimum absolute atomic E-state index is 0.295. The number of para-hydroxylation sites is 2. The molecule has 0 fully saturated rings. The van der Waals surface area contributed by atoms with Crippen LogP contribution in [-0.4, -0.2) is 29.9 Å². The zero-order valence-electron chi connectivity index (χ0n) is 16.8. The van der Waals surface area contributed by atoms with Gasteiger partial charge in [0.05, 0.1) is 16.9 Å². The van der Waals surface area contributed by atoms with Crippen LogP contribution >= 0.6 is 0 Å². The second-order valence-corrected chi connectivity index (χ2v) is 7.61. The fraction of sp³-hybridized carbons (Fsp3) is 0.318. The first-order chi connectivity index (χ1) is 13.1. The lowest BCUT2D eigenvalue weighted by atomic mass is 9.96. The molecule has 2 aromatic carbocycles. The summed E-state index contributed by atoms with van der Waals surface area (Å²) in [5, 5.41) is 2.81. The molecule has 1 N–H and O–H groups in total. The van der Waals surface area contributed by atoms with Crippen LogP contribution in [0.5, 0.6) is 0 Å². The lowest BCUT2D eigenvalue weighted by molar-refractivity contribution is -0.128. The van der Waals surface area contributed by atoms with Crippen molar-refractivity contribution in [3.63, 3.8) is 0 Å². The summed E-state index contributed by atoms with van der Waals surface area (Å²) in [5.74, 6) is -1.30. The van der Waals surface area contributed by atoms with Gasteiger partial charge in [-0.15, -0.1) is 0 Å². The van der Waals surface area contributed by atoms with E-state index in [0.29, 0.717) is 16.9 Å². The van der Waals surface area contributed by atoms with Crippen LogP contribution in [0.25, 0.3) is 0 Å². The topological polar surface area (TPSA) is 75.7 Å². The molecule has 3 rings (SSSR count). The van der Waals surface area contributed by atoms with Gasteiger partial charge in [-0.2, -0.15) is 0 Å². The van der Waals surface area contributed by atoms with E-state index < -0.39 is 24.0 Å². The largest absolute Gasteiger partial charge is 0.452 e. The number of amides is 2. The molecule has 0 saturated carbocycles. The summed E-state index contributed by atoms with van der Waals surface area (Å²) in [6.45, 7) is 8.51. The molecule has 2 amide bonds. The Kier molecular flexibility index (Phi) is 4.98. The molecule has 0 aliphatic carbocycles. The molecule has 0 saturated heterocycles. The third-order valence-electron chi connectivity index (χ3n) is 4.97. The minimum atomic E-state index is -1.10. The Balaban J connectivity index is 1.83. The third-order valence-corrected chi connectivity index (χ3v) is 4.97. The van der Waals surface area contributed by atoms with E-state index in [1.54, 1.807) is 38.1 Å². The first-order valence-corrected chi connectivity index (χ1v) is 9.11. The zero-order chi connectivity index (χ0) is 20.6. The van der Waals surface area contributed by atoms with Gasteiger partial charge >= 0.3 is 5.97 Å². The lowest BCUT2D eigenvalue weighted by Gasteiger charge is -2.41. The average molecular weight is 380 g/mol. The number of nitrogens with one attached hydrogen (secondary N) is 1. The number of benzene rings is 2. The molecule has 0 aromatic heterocycles. The van der Waals surface area contributed by atoms with E-state index in [1.807, 2.05) is 32.9 Å². The number of carbonyl (C=O) groups excluding carboxylic acids is 3. The number of aryl methyl sites for hydroxylation is 3. The van der Waals surface area contributed by atoms with Gasteiger partial charge in [0.1, 0.15) is 5.54 Å². The SMILES string of the molecule is Cc1cc(C)c(C(=O)OCC(=O)N2c3ccccc3NC(=O)C2(C)C)c(C)c1. The highest BCUT2D eigenvalue weighted by Crippen LogP contribution is 2.36. The molecule has 1 aliphatic heterocycles. The molecule has 0 unspecified atom stereocenters. The summed E-state index contributed by atoms with van der Waals surface area (Å²) in [6, 6.07) is 10.9. The minimum Gasteiger partial charge on any atom is -0.452 e. The maximum atomic E-state index is 13.0. The molecule has 0 spiro atoms. The Labute approximate surface area is 164 Å². The second-order valence-electron chi connectivity index (χ2n) is 7.61. The smallest absolute Gasteiger partial charge is 0.339 e. The van der Waals surface area contributed by atoms with Gasteiger partial charge in [0.2, 0.25) is 5.91 Å². The summed E-state index contributed by atoms with van der Waals surface area (Å²) < 4.78 is 5.33. The maximum absolute atomic E-state index is 13.0. The highest BCUT2D eigenvalue weighted by molar-refractivity contribution is 6.14. The Bertz CT molecular complexity index is 955. The van der Waals surface area contributed by atoms with Crippen molar-refractivity contribution in [1.29, 1.82) is 0 Å². The average Bonchev–Trinajstić information content (AvgIpc) is 2.59. The maximum Gasteiger partial charge on any atom is 0.339 e. The van der Waals surface area contributed by atoms with E-state index in [1.165, 1.54) is 4.90 Å². The monoisotopic (exact) mass is 380 g/mol.